The van der Waals surface area contributed by atoms with Crippen molar-refractivity contribution < 1.29 is 9.53 Å². The molecule has 7 heteroatoms. The van der Waals surface area contributed by atoms with Crippen LogP contribution in [0.15, 0.2) is 36.5 Å². The summed E-state index contributed by atoms with van der Waals surface area (Å²) in [6.07, 6.45) is 2.22. The second-order valence-electron chi connectivity index (χ2n) is 5.84. The molecule has 0 radical (unpaired) electrons. The Kier molecular flexibility index (Phi) is 5.37. The summed E-state index contributed by atoms with van der Waals surface area (Å²) in [5.41, 5.74) is 1.13. The summed E-state index contributed by atoms with van der Waals surface area (Å²) in [7, 11) is 1.66. The predicted octanol–water partition coefficient (Wildman–Crippen LogP) is 2.11. The smallest absolute Gasteiger partial charge is 0.221 e. The quantitative estimate of drug-likeness (QED) is 0.868. The Morgan fingerprint density at radius 1 is 1.38 bits per heavy atom. The molecule has 2 heterocycles. The molecule has 1 atom stereocenters. The zero-order valence-corrected chi connectivity index (χ0v) is 14.4. The van der Waals surface area contributed by atoms with Crippen LogP contribution in [0.2, 0.25) is 5.02 Å². The van der Waals surface area contributed by atoms with Gasteiger partial charge in [-0.1, -0.05) is 11.6 Å². The molecular formula is C17H21ClN4O2. The number of carbonyl (C=O) groups excluding carboxylic acids is 1. The molecular weight excluding hydrogens is 328 g/mol. The molecule has 0 saturated carbocycles. The third kappa shape index (κ3) is 4.07. The van der Waals surface area contributed by atoms with Gasteiger partial charge >= 0.3 is 0 Å². The van der Waals surface area contributed by atoms with Crippen molar-refractivity contribution >= 4 is 17.5 Å². The maximum Gasteiger partial charge on any atom is 0.221 e. The van der Waals surface area contributed by atoms with E-state index in [0.717, 1.165) is 31.1 Å². The SMILES string of the molecule is CNC(=O)C[C@@H]1CN(CCOc2ccc(Cl)cc2)Cc2ccnn21. The van der Waals surface area contributed by atoms with Crippen LogP contribution in [-0.2, 0) is 11.3 Å². The van der Waals surface area contributed by atoms with E-state index in [9.17, 15) is 4.79 Å². The monoisotopic (exact) mass is 348 g/mol. The molecule has 1 aliphatic rings. The number of rotatable bonds is 6. The van der Waals surface area contributed by atoms with Crippen molar-refractivity contribution in [2.45, 2.75) is 19.0 Å². The highest BCUT2D eigenvalue weighted by molar-refractivity contribution is 6.30. The van der Waals surface area contributed by atoms with Crippen LogP contribution in [0, 0.1) is 0 Å². The van der Waals surface area contributed by atoms with Crippen molar-refractivity contribution in [1.29, 1.82) is 0 Å². The fraction of sp³-hybridized carbons (Fsp3) is 0.412. The number of amides is 1. The first-order valence-electron chi connectivity index (χ1n) is 7.99. The van der Waals surface area contributed by atoms with E-state index >= 15 is 0 Å². The summed E-state index contributed by atoms with van der Waals surface area (Å²) < 4.78 is 7.73. The van der Waals surface area contributed by atoms with Crippen LogP contribution in [0.1, 0.15) is 18.2 Å². The number of nitrogens with zero attached hydrogens (tertiary/aromatic N) is 3. The van der Waals surface area contributed by atoms with Crippen LogP contribution in [0.5, 0.6) is 5.75 Å². The van der Waals surface area contributed by atoms with Crippen molar-refractivity contribution in [3.8, 4) is 5.75 Å². The lowest BCUT2D eigenvalue weighted by molar-refractivity contribution is -0.121. The number of hydrogen-bond donors (Lipinski definition) is 1. The zero-order valence-electron chi connectivity index (χ0n) is 13.6. The molecule has 0 unspecified atom stereocenters. The highest BCUT2D eigenvalue weighted by Crippen LogP contribution is 2.23. The van der Waals surface area contributed by atoms with Gasteiger partial charge in [-0.3, -0.25) is 14.4 Å². The van der Waals surface area contributed by atoms with Gasteiger partial charge in [0.25, 0.3) is 0 Å². The van der Waals surface area contributed by atoms with Crippen molar-refractivity contribution in [2.75, 3.05) is 26.7 Å². The second kappa shape index (κ2) is 7.68. The number of fused-ring (bicyclic) bond motifs is 1. The van der Waals surface area contributed by atoms with Crippen LogP contribution >= 0.6 is 11.6 Å². The van der Waals surface area contributed by atoms with E-state index < -0.39 is 0 Å². The molecule has 24 heavy (non-hydrogen) atoms. The Bertz CT molecular complexity index is 686. The minimum atomic E-state index is 0.0284. The van der Waals surface area contributed by atoms with Gasteiger partial charge in [0.2, 0.25) is 5.91 Å². The minimum absolute atomic E-state index is 0.0284. The van der Waals surface area contributed by atoms with Crippen molar-refractivity contribution in [2.24, 2.45) is 0 Å². The molecule has 2 aromatic rings. The molecule has 1 amide bonds. The Morgan fingerprint density at radius 2 is 2.17 bits per heavy atom. The van der Waals surface area contributed by atoms with Gasteiger partial charge in [-0.15, -0.1) is 0 Å². The molecule has 0 aliphatic carbocycles. The zero-order chi connectivity index (χ0) is 16.9. The summed E-state index contributed by atoms with van der Waals surface area (Å²) in [5, 5.41) is 7.75. The number of carbonyl (C=O) groups is 1. The lowest BCUT2D eigenvalue weighted by Crippen LogP contribution is -2.41. The number of hydrogen-bond acceptors (Lipinski definition) is 4. The molecule has 0 saturated heterocycles. The molecule has 0 bridgehead atoms. The van der Waals surface area contributed by atoms with Gasteiger partial charge in [0.05, 0.1) is 18.2 Å². The number of benzene rings is 1. The molecule has 1 aromatic carbocycles. The standard InChI is InChI=1S/C17H21ClN4O2/c1-19-17(23)10-15-12-21(11-14-6-7-20-22(14)15)8-9-24-16-4-2-13(18)3-5-16/h2-7,15H,8-12H2,1H3,(H,19,23)/t15-/m1/s1. The van der Waals surface area contributed by atoms with Crippen molar-refractivity contribution in [3.63, 3.8) is 0 Å². The molecule has 1 aromatic heterocycles. The Balaban J connectivity index is 1.56. The Labute approximate surface area is 146 Å². The van der Waals surface area contributed by atoms with Gasteiger partial charge in [-0.05, 0) is 30.3 Å². The average Bonchev–Trinajstić information content (AvgIpc) is 3.05. The van der Waals surface area contributed by atoms with Crippen LogP contribution < -0.4 is 10.1 Å². The number of halogens is 1. The van der Waals surface area contributed by atoms with E-state index in [4.69, 9.17) is 16.3 Å². The molecule has 0 fully saturated rings. The number of aromatic nitrogens is 2. The lowest BCUT2D eigenvalue weighted by atomic mass is 10.1. The third-order valence-electron chi connectivity index (χ3n) is 4.14. The summed E-state index contributed by atoms with van der Waals surface area (Å²) in [6, 6.07) is 9.41. The molecule has 3 rings (SSSR count). The number of nitrogens with one attached hydrogen (secondary N) is 1. The normalized spacial score (nSPS) is 17.3. The summed E-state index contributed by atoms with van der Waals surface area (Å²) >= 11 is 5.87. The molecule has 6 nitrogen and oxygen atoms in total. The maximum absolute atomic E-state index is 11.7. The van der Waals surface area contributed by atoms with Crippen LogP contribution in [-0.4, -0.2) is 47.3 Å². The van der Waals surface area contributed by atoms with E-state index in [1.54, 1.807) is 13.2 Å². The van der Waals surface area contributed by atoms with Gasteiger partial charge in [-0.2, -0.15) is 5.10 Å². The van der Waals surface area contributed by atoms with Crippen LogP contribution in [0.3, 0.4) is 0 Å². The Morgan fingerprint density at radius 3 is 2.92 bits per heavy atom. The maximum atomic E-state index is 11.7. The fourth-order valence-corrected chi connectivity index (χ4v) is 3.05. The first kappa shape index (κ1) is 16.8. The fourth-order valence-electron chi connectivity index (χ4n) is 2.93. The van der Waals surface area contributed by atoms with E-state index in [1.807, 2.05) is 35.0 Å². The van der Waals surface area contributed by atoms with Crippen molar-refractivity contribution in [3.05, 3.63) is 47.2 Å². The molecule has 128 valence electrons. The van der Waals surface area contributed by atoms with E-state index in [0.29, 0.717) is 18.1 Å². The van der Waals surface area contributed by atoms with Crippen LogP contribution in [0.4, 0.5) is 0 Å². The summed E-state index contributed by atoms with van der Waals surface area (Å²) in [4.78, 5) is 14.0. The second-order valence-corrected chi connectivity index (χ2v) is 6.27. The molecule has 1 N–H and O–H groups in total. The van der Waals surface area contributed by atoms with Crippen molar-refractivity contribution in [1.82, 2.24) is 20.0 Å². The van der Waals surface area contributed by atoms with E-state index in [2.05, 4.69) is 15.3 Å². The molecule has 0 spiro atoms. The lowest BCUT2D eigenvalue weighted by Gasteiger charge is -2.33. The average molecular weight is 349 g/mol. The van der Waals surface area contributed by atoms with E-state index in [1.165, 1.54) is 0 Å². The highest BCUT2D eigenvalue weighted by atomic mass is 35.5. The third-order valence-corrected chi connectivity index (χ3v) is 4.39. The predicted molar refractivity (Wildman–Crippen MR) is 92.2 cm³/mol. The topological polar surface area (TPSA) is 59.4 Å². The van der Waals surface area contributed by atoms with Gasteiger partial charge < -0.3 is 10.1 Å². The largest absolute Gasteiger partial charge is 0.492 e. The first-order chi connectivity index (χ1) is 11.7. The van der Waals surface area contributed by atoms with Gasteiger partial charge in [0.1, 0.15) is 12.4 Å². The van der Waals surface area contributed by atoms with Gasteiger partial charge in [0, 0.05) is 37.9 Å². The van der Waals surface area contributed by atoms with Gasteiger partial charge in [-0.25, -0.2) is 0 Å². The highest BCUT2D eigenvalue weighted by Gasteiger charge is 2.26. The van der Waals surface area contributed by atoms with E-state index in [-0.39, 0.29) is 11.9 Å². The Hall–Kier alpha value is -2.05. The summed E-state index contributed by atoms with van der Waals surface area (Å²) in [5.74, 6) is 0.837. The summed E-state index contributed by atoms with van der Waals surface area (Å²) in [6.45, 7) is 2.97. The van der Waals surface area contributed by atoms with Gasteiger partial charge in [0.15, 0.2) is 0 Å². The van der Waals surface area contributed by atoms with Crippen LogP contribution in [0.25, 0.3) is 0 Å². The number of ether oxygens (including phenoxy) is 1. The molecule has 1 aliphatic heterocycles. The first-order valence-corrected chi connectivity index (χ1v) is 8.37. The minimum Gasteiger partial charge on any atom is -0.492 e.